The van der Waals surface area contributed by atoms with Gasteiger partial charge in [-0.15, -0.1) is 0 Å². The van der Waals surface area contributed by atoms with Gasteiger partial charge in [-0.1, -0.05) is 56.7 Å². The third-order valence-electron chi connectivity index (χ3n) is 5.08. The van der Waals surface area contributed by atoms with E-state index in [0.29, 0.717) is 28.1 Å². The predicted molar refractivity (Wildman–Crippen MR) is 129 cm³/mol. The second kappa shape index (κ2) is 11.7. The van der Waals surface area contributed by atoms with Crippen molar-refractivity contribution in [3.05, 3.63) is 71.0 Å². The average molecular weight is 447 g/mol. The normalized spacial score (nSPS) is 9.97. The van der Waals surface area contributed by atoms with Crippen molar-refractivity contribution < 1.29 is 19.1 Å². The molecule has 0 unspecified atom stereocenters. The Kier molecular flexibility index (Phi) is 8.99. The Morgan fingerprint density at radius 1 is 0.909 bits per heavy atom. The topological polar surface area (TPSA) is 81.3 Å². The van der Waals surface area contributed by atoms with Crippen LogP contribution < -0.4 is 0 Å². The van der Waals surface area contributed by atoms with Crippen LogP contribution in [0.15, 0.2) is 48.5 Å². The zero-order valence-corrected chi connectivity index (χ0v) is 20.1. The summed E-state index contributed by atoms with van der Waals surface area (Å²) >= 11 is 0. The number of aromatic nitrogens is 1. The SMILES string of the molecule is CCC.CCOC(=O)c1c(-c2ccc(-c3ccc(C(=O)OC)cc3)cc2)c(C#N)c(C)n1C. The third-order valence-corrected chi connectivity index (χ3v) is 5.08. The van der Waals surface area contributed by atoms with Gasteiger partial charge < -0.3 is 14.0 Å². The Morgan fingerprint density at radius 2 is 1.39 bits per heavy atom. The summed E-state index contributed by atoms with van der Waals surface area (Å²) in [4.78, 5) is 24.1. The maximum Gasteiger partial charge on any atom is 0.355 e. The van der Waals surface area contributed by atoms with Gasteiger partial charge in [0.1, 0.15) is 11.8 Å². The number of rotatable bonds is 5. The van der Waals surface area contributed by atoms with E-state index >= 15 is 0 Å². The molecule has 1 aromatic heterocycles. The Hall–Kier alpha value is -3.85. The van der Waals surface area contributed by atoms with Crippen molar-refractivity contribution in [2.45, 2.75) is 34.1 Å². The number of hydrogen-bond acceptors (Lipinski definition) is 5. The summed E-state index contributed by atoms with van der Waals surface area (Å²) in [6.07, 6.45) is 1.25. The molecule has 0 saturated carbocycles. The number of carbonyl (C=O) groups excluding carboxylic acids is 2. The van der Waals surface area contributed by atoms with Crippen LogP contribution in [-0.4, -0.2) is 30.2 Å². The average Bonchev–Trinajstić information content (AvgIpc) is 3.09. The van der Waals surface area contributed by atoms with E-state index in [1.165, 1.54) is 13.5 Å². The van der Waals surface area contributed by atoms with E-state index in [1.807, 2.05) is 43.3 Å². The molecule has 0 atom stereocenters. The first-order valence-corrected chi connectivity index (χ1v) is 10.9. The summed E-state index contributed by atoms with van der Waals surface area (Å²) in [5.41, 5.74) is 5.21. The highest BCUT2D eigenvalue weighted by Gasteiger charge is 2.25. The summed E-state index contributed by atoms with van der Waals surface area (Å²) in [6.45, 7) is 8.06. The highest BCUT2D eigenvalue weighted by atomic mass is 16.5. The Labute approximate surface area is 195 Å². The Balaban J connectivity index is 0.00000122. The van der Waals surface area contributed by atoms with E-state index in [4.69, 9.17) is 9.47 Å². The highest BCUT2D eigenvalue weighted by Crippen LogP contribution is 2.33. The number of nitriles is 1. The first kappa shape index (κ1) is 25.4. The van der Waals surface area contributed by atoms with Crippen LogP contribution in [-0.2, 0) is 16.5 Å². The minimum absolute atomic E-state index is 0.255. The molecule has 0 spiro atoms. The molecule has 1 heterocycles. The number of ether oxygens (including phenoxy) is 2. The fraction of sp³-hybridized carbons (Fsp3) is 0.296. The van der Waals surface area contributed by atoms with Crippen LogP contribution in [0, 0.1) is 18.3 Å². The van der Waals surface area contributed by atoms with Crippen molar-refractivity contribution in [1.29, 1.82) is 5.26 Å². The fourth-order valence-electron chi connectivity index (χ4n) is 3.40. The zero-order valence-electron chi connectivity index (χ0n) is 20.1. The number of methoxy groups -OCH3 is 1. The van der Waals surface area contributed by atoms with E-state index in [9.17, 15) is 14.9 Å². The number of benzene rings is 2. The van der Waals surface area contributed by atoms with Crippen molar-refractivity contribution in [3.8, 4) is 28.3 Å². The van der Waals surface area contributed by atoms with Gasteiger partial charge in [0.25, 0.3) is 0 Å². The molecule has 0 aliphatic carbocycles. The molecule has 6 nitrogen and oxygen atoms in total. The molecule has 6 heteroatoms. The number of hydrogen-bond donors (Lipinski definition) is 0. The number of nitrogens with zero attached hydrogens (tertiary/aromatic N) is 2. The molecule has 2 aromatic carbocycles. The van der Waals surface area contributed by atoms with Crippen molar-refractivity contribution in [1.82, 2.24) is 4.57 Å². The first-order valence-electron chi connectivity index (χ1n) is 10.9. The summed E-state index contributed by atoms with van der Waals surface area (Å²) in [5, 5.41) is 9.68. The van der Waals surface area contributed by atoms with Gasteiger partial charge in [0.2, 0.25) is 0 Å². The van der Waals surface area contributed by atoms with Crippen LogP contribution in [0.3, 0.4) is 0 Å². The van der Waals surface area contributed by atoms with Gasteiger partial charge in [0.15, 0.2) is 0 Å². The van der Waals surface area contributed by atoms with Crippen molar-refractivity contribution in [3.63, 3.8) is 0 Å². The van der Waals surface area contributed by atoms with Gasteiger partial charge in [-0.05, 0) is 42.7 Å². The number of esters is 2. The van der Waals surface area contributed by atoms with Crippen molar-refractivity contribution in [2.24, 2.45) is 7.05 Å². The Morgan fingerprint density at radius 3 is 1.85 bits per heavy atom. The lowest BCUT2D eigenvalue weighted by Crippen LogP contribution is -2.11. The third kappa shape index (κ3) is 5.50. The van der Waals surface area contributed by atoms with Crippen LogP contribution in [0.25, 0.3) is 22.3 Å². The summed E-state index contributed by atoms with van der Waals surface area (Å²) in [7, 11) is 3.10. The lowest BCUT2D eigenvalue weighted by molar-refractivity contribution is 0.0515. The highest BCUT2D eigenvalue weighted by molar-refractivity contribution is 5.98. The minimum Gasteiger partial charge on any atom is -0.465 e. The minimum atomic E-state index is -0.456. The maximum atomic E-state index is 12.6. The van der Waals surface area contributed by atoms with Gasteiger partial charge in [-0.2, -0.15) is 5.26 Å². The summed E-state index contributed by atoms with van der Waals surface area (Å²) in [6, 6.07) is 16.9. The van der Waals surface area contributed by atoms with E-state index < -0.39 is 5.97 Å². The van der Waals surface area contributed by atoms with Gasteiger partial charge in [-0.3, -0.25) is 0 Å². The van der Waals surface area contributed by atoms with Crippen LogP contribution in [0.4, 0.5) is 0 Å². The molecule has 33 heavy (non-hydrogen) atoms. The Bertz CT molecular complexity index is 1150. The molecule has 0 saturated heterocycles. The molecular weight excluding hydrogens is 416 g/mol. The largest absolute Gasteiger partial charge is 0.465 e. The van der Waals surface area contributed by atoms with E-state index in [2.05, 4.69) is 19.9 Å². The standard InChI is InChI=1S/C24H22N2O4.C3H8/c1-5-30-24(28)22-21(20(14-25)15(2)26(22)3)18-10-6-16(7-11-18)17-8-12-19(13-9-17)23(27)29-4;1-3-2/h6-13H,5H2,1-4H3;3H2,1-2H3. The lowest BCUT2D eigenvalue weighted by Gasteiger charge is -2.09. The quantitative estimate of drug-likeness (QED) is 0.455. The summed E-state index contributed by atoms with van der Waals surface area (Å²) < 4.78 is 11.6. The maximum absolute atomic E-state index is 12.6. The molecule has 0 amide bonds. The summed E-state index contributed by atoms with van der Waals surface area (Å²) in [5.74, 6) is -0.839. The van der Waals surface area contributed by atoms with E-state index in [1.54, 1.807) is 30.7 Å². The van der Waals surface area contributed by atoms with E-state index in [0.717, 1.165) is 16.7 Å². The smallest absolute Gasteiger partial charge is 0.355 e. The lowest BCUT2D eigenvalue weighted by atomic mass is 9.97. The first-order chi connectivity index (χ1) is 15.8. The predicted octanol–water partition coefficient (Wildman–Crippen LogP) is 5.92. The molecule has 172 valence electrons. The second-order valence-electron chi connectivity index (χ2n) is 7.43. The van der Waals surface area contributed by atoms with Crippen LogP contribution in [0.2, 0.25) is 0 Å². The molecule has 0 N–H and O–H groups in total. The van der Waals surface area contributed by atoms with Crippen LogP contribution >= 0.6 is 0 Å². The molecular formula is C27H30N2O4. The van der Waals surface area contributed by atoms with Gasteiger partial charge in [-0.25, -0.2) is 9.59 Å². The van der Waals surface area contributed by atoms with Gasteiger partial charge >= 0.3 is 11.9 Å². The molecule has 0 fully saturated rings. The second-order valence-corrected chi connectivity index (χ2v) is 7.43. The van der Waals surface area contributed by atoms with Crippen LogP contribution in [0.5, 0.6) is 0 Å². The van der Waals surface area contributed by atoms with Gasteiger partial charge in [0.05, 0.1) is 24.8 Å². The molecule has 0 aliphatic rings. The molecule has 0 radical (unpaired) electrons. The molecule has 0 bridgehead atoms. The van der Waals surface area contributed by atoms with Crippen molar-refractivity contribution >= 4 is 11.9 Å². The molecule has 0 aliphatic heterocycles. The van der Waals surface area contributed by atoms with Crippen molar-refractivity contribution in [2.75, 3.05) is 13.7 Å². The molecule has 3 rings (SSSR count). The number of carbonyl (C=O) groups is 2. The monoisotopic (exact) mass is 446 g/mol. The van der Waals surface area contributed by atoms with Gasteiger partial charge in [0, 0.05) is 18.3 Å². The molecule has 3 aromatic rings. The van der Waals surface area contributed by atoms with Crippen LogP contribution in [0.1, 0.15) is 59.3 Å². The fourth-order valence-corrected chi connectivity index (χ4v) is 3.40. The van der Waals surface area contributed by atoms with E-state index in [-0.39, 0.29) is 12.6 Å². The zero-order chi connectivity index (χ0) is 24.5.